The van der Waals surface area contributed by atoms with E-state index in [0.29, 0.717) is 17.5 Å². The van der Waals surface area contributed by atoms with E-state index >= 15 is 0 Å². The minimum Gasteiger partial charge on any atom is -0.328 e. The molecule has 3 nitrogen and oxygen atoms in total. The van der Waals surface area contributed by atoms with Gasteiger partial charge in [0.25, 0.3) is 0 Å². The van der Waals surface area contributed by atoms with Crippen LogP contribution in [0.3, 0.4) is 0 Å². The summed E-state index contributed by atoms with van der Waals surface area (Å²) in [5, 5.41) is 0. The minimum atomic E-state index is -2.75. The fourth-order valence-electron chi connectivity index (χ4n) is 3.16. The van der Waals surface area contributed by atoms with Crippen molar-refractivity contribution in [2.24, 2.45) is 0 Å². The summed E-state index contributed by atoms with van der Waals surface area (Å²) in [4.78, 5) is 1.45. The lowest BCUT2D eigenvalue weighted by Gasteiger charge is -2.28. The van der Waals surface area contributed by atoms with E-state index in [1.54, 1.807) is 0 Å². The molecule has 19 heavy (non-hydrogen) atoms. The fourth-order valence-corrected chi connectivity index (χ4v) is 4.98. The van der Waals surface area contributed by atoms with Crippen LogP contribution in [0.2, 0.25) is 0 Å². The summed E-state index contributed by atoms with van der Waals surface area (Å²) in [6.07, 6.45) is 4.18. The highest BCUT2D eigenvalue weighted by Gasteiger charge is 2.35. The van der Waals surface area contributed by atoms with Gasteiger partial charge in [-0.3, -0.25) is 0 Å². The second-order valence-corrected chi connectivity index (χ2v) is 7.79. The van der Waals surface area contributed by atoms with Gasteiger partial charge in [0, 0.05) is 12.8 Å². The number of rotatable bonds is 2. The Morgan fingerprint density at radius 3 is 2.53 bits per heavy atom. The van der Waals surface area contributed by atoms with Crippen LogP contribution in [-0.2, 0) is 9.84 Å². The van der Waals surface area contributed by atoms with E-state index in [1.165, 1.54) is 16.0 Å². The van der Waals surface area contributed by atoms with Crippen LogP contribution in [0.25, 0.3) is 5.57 Å². The monoisotopic (exact) mass is 278 g/mol. The molecule has 1 aromatic carbocycles. The minimum absolute atomic E-state index is 0.318. The number of hydrogen-bond donors (Lipinski definition) is 1. The van der Waals surface area contributed by atoms with E-state index < -0.39 is 9.84 Å². The number of hydrogen-bond acceptors (Lipinski definition) is 2. The highest BCUT2D eigenvalue weighted by molar-refractivity contribution is 7.91. The van der Waals surface area contributed by atoms with Gasteiger partial charge in [-0.1, -0.05) is 30.3 Å². The van der Waals surface area contributed by atoms with Gasteiger partial charge in [-0.25, -0.2) is 8.42 Å². The number of sulfone groups is 1. The SMILES string of the molecule is O=S1(=O)CC[C@@H]([NH+]2CC=C(c3ccccc3)CC2)C1. The lowest BCUT2D eigenvalue weighted by molar-refractivity contribution is -0.917. The molecule has 0 radical (unpaired) electrons. The second-order valence-electron chi connectivity index (χ2n) is 5.56. The van der Waals surface area contributed by atoms with E-state index in [4.69, 9.17) is 0 Å². The van der Waals surface area contributed by atoms with Gasteiger partial charge in [0.05, 0.1) is 18.8 Å². The third-order valence-corrected chi connectivity index (χ3v) is 6.05. The maximum absolute atomic E-state index is 11.5. The summed E-state index contributed by atoms with van der Waals surface area (Å²) < 4.78 is 23.1. The third kappa shape index (κ3) is 2.90. The first kappa shape index (κ1) is 12.9. The van der Waals surface area contributed by atoms with E-state index in [-0.39, 0.29) is 0 Å². The van der Waals surface area contributed by atoms with Crippen LogP contribution in [-0.4, -0.2) is 39.1 Å². The highest BCUT2D eigenvalue weighted by atomic mass is 32.2. The molecule has 0 spiro atoms. The molecule has 1 saturated heterocycles. The predicted octanol–water partition coefficient (Wildman–Crippen LogP) is 0.546. The molecule has 2 aliphatic rings. The quantitative estimate of drug-likeness (QED) is 0.858. The Morgan fingerprint density at radius 2 is 1.95 bits per heavy atom. The van der Waals surface area contributed by atoms with Crippen LogP contribution in [0.1, 0.15) is 18.4 Å². The molecule has 3 rings (SSSR count). The summed E-state index contributed by atoms with van der Waals surface area (Å²) in [5.41, 5.74) is 2.71. The molecule has 2 aliphatic heterocycles. The lowest BCUT2D eigenvalue weighted by atomic mass is 9.98. The third-order valence-electron chi connectivity index (χ3n) is 4.28. The van der Waals surface area contributed by atoms with E-state index in [0.717, 1.165) is 25.9 Å². The fraction of sp³-hybridized carbons (Fsp3) is 0.467. The van der Waals surface area contributed by atoms with Gasteiger partial charge in [-0.15, -0.1) is 0 Å². The van der Waals surface area contributed by atoms with Gasteiger partial charge in [0.2, 0.25) is 0 Å². The van der Waals surface area contributed by atoms with E-state index in [9.17, 15) is 8.42 Å². The van der Waals surface area contributed by atoms with Gasteiger partial charge in [0.15, 0.2) is 9.84 Å². The summed E-state index contributed by atoms with van der Waals surface area (Å²) in [6, 6.07) is 10.8. The van der Waals surface area contributed by atoms with Crippen molar-refractivity contribution >= 4 is 15.4 Å². The Morgan fingerprint density at radius 1 is 1.16 bits per heavy atom. The van der Waals surface area contributed by atoms with Crippen LogP contribution < -0.4 is 4.90 Å². The van der Waals surface area contributed by atoms with Gasteiger partial charge >= 0.3 is 0 Å². The molecule has 1 N–H and O–H groups in total. The zero-order valence-corrected chi connectivity index (χ0v) is 11.8. The van der Waals surface area contributed by atoms with Crippen LogP contribution >= 0.6 is 0 Å². The van der Waals surface area contributed by atoms with Crippen LogP contribution in [0.5, 0.6) is 0 Å². The molecule has 1 unspecified atom stereocenters. The molecule has 2 heterocycles. The molecule has 1 aromatic rings. The summed E-state index contributed by atoms with van der Waals surface area (Å²) >= 11 is 0. The Labute approximate surface area is 114 Å². The summed E-state index contributed by atoms with van der Waals surface area (Å²) in [6.45, 7) is 2.02. The van der Waals surface area contributed by atoms with Crippen LogP contribution in [0, 0.1) is 0 Å². The normalized spacial score (nSPS) is 30.0. The number of nitrogens with one attached hydrogen (secondary N) is 1. The Bertz CT molecular complexity index is 577. The van der Waals surface area contributed by atoms with Crippen molar-refractivity contribution in [2.45, 2.75) is 18.9 Å². The van der Waals surface area contributed by atoms with Gasteiger partial charge in [0.1, 0.15) is 11.8 Å². The van der Waals surface area contributed by atoms with E-state index in [2.05, 4.69) is 30.3 Å². The molecule has 1 fully saturated rings. The van der Waals surface area contributed by atoms with Crippen molar-refractivity contribution in [3.05, 3.63) is 42.0 Å². The van der Waals surface area contributed by atoms with Crippen molar-refractivity contribution in [3.63, 3.8) is 0 Å². The van der Waals surface area contributed by atoms with Crippen LogP contribution in [0.4, 0.5) is 0 Å². The maximum atomic E-state index is 11.5. The molecule has 0 aliphatic carbocycles. The first-order chi connectivity index (χ1) is 9.14. The molecule has 102 valence electrons. The topological polar surface area (TPSA) is 38.6 Å². The molecule has 0 saturated carbocycles. The zero-order chi connectivity index (χ0) is 13.3. The van der Waals surface area contributed by atoms with Crippen molar-refractivity contribution in [1.82, 2.24) is 0 Å². The predicted molar refractivity (Wildman–Crippen MR) is 76.8 cm³/mol. The molecule has 2 atom stereocenters. The zero-order valence-electron chi connectivity index (χ0n) is 11.0. The maximum Gasteiger partial charge on any atom is 0.156 e. The van der Waals surface area contributed by atoms with Gasteiger partial charge in [-0.2, -0.15) is 0 Å². The Kier molecular flexibility index (Phi) is 3.46. The molecule has 0 amide bonds. The smallest absolute Gasteiger partial charge is 0.156 e. The lowest BCUT2D eigenvalue weighted by Crippen LogP contribution is -3.16. The average Bonchev–Trinajstić information content (AvgIpc) is 2.80. The summed E-state index contributed by atoms with van der Waals surface area (Å²) in [5.74, 6) is 0.771. The average molecular weight is 278 g/mol. The number of quaternary nitrogens is 1. The molecular weight excluding hydrogens is 258 g/mol. The number of benzene rings is 1. The van der Waals surface area contributed by atoms with Crippen LogP contribution in [0.15, 0.2) is 36.4 Å². The standard InChI is InChI=1S/C15H19NO2S/c17-19(18)11-8-15(12-19)16-9-6-14(7-10-16)13-4-2-1-3-5-13/h1-6,15H,7-12H2/p+1/t15-/m1/s1. The Hall–Kier alpha value is -1.13. The second kappa shape index (κ2) is 5.10. The molecule has 4 heteroatoms. The summed E-state index contributed by atoms with van der Waals surface area (Å²) in [7, 11) is -2.75. The Balaban J connectivity index is 1.68. The first-order valence-corrected chi connectivity index (χ1v) is 8.76. The van der Waals surface area contributed by atoms with E-state index in [1.807, 2.05) is 6.07 Å². The molecule has 0 aromatic heterocycles. The van der Waals surface area contributed by atoms with Gasteiger partial charge in [-0.05, 0) is 17.2 Å². The first-order valence-electron chi connectivity index (χ1n) is 6.93. The molecular formula is C15H20NO2S+. The van der Waals surface area contributed by atoms with Crippen molar-refractivity contribution < 1.29 is 13.3 Å². The largest absolute Gasteiger partial charge is 0.328 e. The van der Waals surface area contributed by atoms with Crippen molar-refractivity contribution in [2.75, 3.05) is 24.6 Å². The van der Waals surface area contributed by atoms with Crippen molar-refractivity contribution in [3.8, 4) is 0 Å². The van der Waals surface area contributed by atoms with Gasteiger partial charge < -0.3 is 4.90 Å². The molecule has 0 bridgehead atoms. The highest BCUT2D eigenvalue weighted by Crippen LogP contribution is 2.18. The van der Waals surface area contributed by atoms with Crippen molar-refractivity contribution in [1.29, 1.82) is 0 Å².